The second-order valence-corrected chi connectivity index (χ2v) is 19.0. The van der Waals surface area contributed by atoms with Gasteiger partial charge in [-0.1, -0.05) is 73.5 Å². The van der Waals surface area contributed by atoms with E-state index in [1.807, 2.05) is 79.1 Å². The number of anilines is 1. The first-order valence-electron chi connectivity index (χ1n) is 20.4. The van der Waals surface area contributed by atoms with Crippen molar-refractivity contribution in [3.05, 3.63) is 90.8 Å². The van der Waals surface area contributed by atoms with E-state index in [2.05, 4.69) is 15.4 Å². The van der Waals surface area contributed by atoms with Gasteiger partial charge in [-0.15, -0.1) is 0 Å². The van der Waals surface area contributed by atoms with Crippen LogP contribution in [0.25, 0.3) is 22.2 Å². The van der Waals surface area contributed by atoms with Gasteiger partial charge in [0.05, 0.1) is 16.8 Å². The second-order valence-electron chi connectivity index (χ2n) is 16.8. The summed E-state index contributed by atoms with van der Waals surface area (Å²) in [6, 6.07) is 20.0. The quantitative estimate of drug-likeness (QED) is 0.159. The number of carbonyl (C=O) groups excluding carboxylic acids is 3. The average Bonchev–Trinajstić information content (AvgIpc) is 4.02. The van der Waals surface area contributed by atoms with Crippen LogP contribution in [0.15, 0.2) is 84.9 Å². The van der Waals surface area contributed by atoms with Crippen LogP contribution in [-0.4, -0.2) is 75.6 Å². The van der Waals surface area contributed by atoms with Gasteiger partial charge in [-0.2, -0.15) is 4.98 Å². The molecule has 0 radical (unpaired) electrons. The predicted molar refractivity (Wildman–Crippen MR) is 220 cm³/mol. The number of imidazole rings is 1. The van der Waals surface area contributed by atoms with Crippen LogP contribution in [0.2, 0.25) is 0 Å². The molecule has 3 N–H and O–H groups in total. The zero-order chi connectivity index (χ0) is 40.8. The standard InChI is InChI=1S/C44H51FN6O6S/c1-28(2)51-36-22-14-19-33(32-18-12-13-20-34(32)45)38(36)47-42(51)57-31-25-37-39(52)48-44(41(54)49-58(55,56)43(3)23-24-43)26-29(44)15-8-5-4-6-11-21-35(40(53)50(37)27-31)46-30-16-9-7-10-17-30/h7-10,12-20,22,28-29,31,35,37,46H,4-6,11,21,23-27H2,1-3H3,(H,48,52)(H,49,54)/b15-8-/t29-,31-,35+,37+,44-/m1/s1. The summed E-state index contributed by atoms with van der Waals surface area (Å²) in [5, 5.41) is 6.38. The van der Waals surface area contributed by atoms with Crippen molar-refractivity contribution in [2.75, 3.05) is 11.9 Å². The lowest BCUT2D eigenvalue weighted by atomic mass is 10.0. The molecule has 14 heteroatoms. The van der Waals surface area contributed by atoms with E-state index in [9.17, 15) is 22.8 Å². The van der Waals surface area contributed by atoms with Crippen molar-refractivity contribution in [3.8, 4) is 17.1 Å². The number of hydrogen-bond acceptors (Lipinski definition) is 8. The van der Waals surface area contributed by atoms with Gasteiger partial charge < -0.3 is 20.3 Å². The molecule has 8 rings (SSSR count). The number of nitrogens with zero attached hydrogens (tertiary/aromatic N) is 3. The Labute approximate surface area is 338 Å². The minimum absolute atomic E-state index is 0.0562. The monoisotopic (exact) mass is 810 g/mol. The molecule has 2 aliphatic heterocycles. The van der Waals surface area contributed by atoms with E-state index in [1.165, 1.54) is 11.0 Å². The summed E-state index contributed by atoms with van der Waals surface area (Å²) in [5.41, 5.74) is 1.60. The minimum Gasteiger partial charge on any atom is -0.459 e. The number of amides is 3. The van der Waals surface area contributed by atoms with Crippen LogP contribution < -0.4 is 20.1 Å². The van der Waals surface area contributed by atoms with Crippen LogP contribution >= 0.6 is 0 Å². The molecule has 1 saturated heterocycles. The maximum atomic E-state index is 15.1. The van der Waals surface area contributed by atoms with E-state index in [1.54, 1.807) is 25.1 Å². The number of hydrogen-bond donors (Lipinski definition) is 3. The number of allylic oxidation sites excluding steroid dienone is 1. The van der Waals surface area contributed by atoms with Gasteiger partial charge in [0.25, 0.3) is 11.9 Å². The third-order valence-electron chi connectivity index (χ3n) is 12.2. The van der Waals surface area contributed by atoms with Crippen molar-refractivity contribution in [1.82, 2.24) is 24.5 Å². The number of halogens is 1. The van der Waals surface area contributed by atoms with E-state index in [-0.39, 0.29) is 43.2 Å². The molecule has 3 fully saturated rings. The molecule has 4 aromatic rings. The molecule has 58 heavy (non-hydrogen) atoms. The summed E-state index contributed by atoms with van der Waals surface area (Å²) in [5.74, 6) is -2.40. The molecule has 12 nitrogen and oxygen atoms in total. The molecular formula is C44H51FN6O6S. The Morgan fingerprint density at radius 3 is 2.47 bits per heavy atom. The normalized spacial score (nSPS) is 26.5. The van der Waals surface area contributed by atoms with E-state index < -0.39 is 56.2 Å². The number of ether oxygens (including phenoxy) is 1. The van der Waals surface area contributed by atoms with Crippen LogP contribution in [0.3, 0.4) is 0 Å². The smallest absolute Gasteiger partial charge is 0.297 e. The third kappa shape index (κ3) is 7.58. The molecule has 3 amide bonds. The summed E-state index contributed by atoms with van der Waals surface area (Å²) >= 11 is 0. The SMILES string of the molecule is CC(C)n1c(O[C@@H]2C[C@H]3C(=O)N[C@]4(C(=O)NS(=O)(=O)C5(C)CC5)C[C@H]4/C=C\CCCCC[C@H](Nc4ccccc4)C(=O)N3C2)nc2c(-c3ccccc3F)cccc21. The van der Waals surface area contributed by atoms with Crippen LogP contribution in [0.1, 0.15) is 84.6 Å². The summed E-state index contributed by atoms with van der Waals surface area (Å²) in [6.07, 6.45) is 8.22. The summed E-state index contributed by atoms with van der Waals surface area (Å²) in [6.45, 7) is 5.65. The van der Waals surface area contributed by atoms with E-state index >= 15 is 4.39 Å². The number of carbonyl (C=O) groups is 3. The van der Waals surface area contributed by atoms with Gasteiger partial charge in [0.15, 0.2) is 0 Å². The summed E-state index contributed by atoms with van der Waals surface area (Å²) in [4.78, 5) is 49.8. The average molecular weight is 811 g/mol. The molecule has 5 atom stereocenters. The van der Waals surface area contributed by atoms with Crippen molar-refractivity contribution in [2.24, 2.45) is 5.92 Å². The first-order valence-corrected chi connectivity index (χ1v) is 21.9. The highest BCUT2D eigenvalue weighted by atomic mass is 32.2. The molecule has 0 bridgehead atoms. The van der Waals surface area contributed by atoms with Crippen molar-refractivity contribution in [3.63, 3.8) is 0 Å². The van der Waals surface area contributed by atoms with Gasteiger partial charge in [0.2, 0.25) is 21.8 Å². The Morgan fingerprint density at radius 2 is 1.72 bits per heavy atom. The number of sulfonamides is 1. The Kier molecular flexibility index (Phi) is 10.6. The number of nitrogens with one attached hydrogen (secondary N) is 3. The predicted octanol–water partition coefficient (Wildman–Crippen LogP) is 6.65. The zero-order valence-corrected chi connectivity index (χ0v) is 33.9. The number of aromatic nitrogens is 2. The molecule has 1 aromatic heterocycles. The third-order valence-corrected chi connectivity index (χ3v) is 14.4. The van der Waals surface area contributed by atoms with Crippen LogP contribution in [0, 0.1) is 11.7 Å². The summed E-state index contributed by atoms with van der Waals surface area (Å²) in [7, 11) is -3.98. The highest BCUT2D eigenvalue weighted by Gasteiger charge is 2.63. The highest BCUT2D eigenvalue weighted by molar-refractivity contribution is 7.91. The van der Waals surface area contributed by atoms with Gasteiger partial charge in [0.1, 0.15) is 35.1 Å². The van der Waals surface area contributed by atoms with Crippen molar-refractivity contribution >= 4 is 44.5 Å². The molecule has 2 aliphatic carbocycles. The molecule has 306 valence electrons. The lowest BCUT2D eigenvalue weighted by Gasteiger charge is -2.30. The Bertz CT molecular complexity index is 2360. The molecule has 2 saturated carbocycles. The Balaban J connectivity index is 1.14. The van der Waals surface area contributed by atoms with Gasteiger partial charge in [-0.25, -0.2) is 12.8 Å². The lowest BCUT2D eigenvalue weighted by Crippen LogP contribution is -2.58. The fourth-order valence-corrected chi connectivity index (χ4v) is 9.72. The zero-order valence-electron chi connectivity index (χ0n) is 33.1. The molecule has 3 aromatic carbocycles. The fourth-order valence-electron chi connectivity index (χ4n) is 8.41. The summed E-state index contributed by atoms with van der Waals surface area (Å²) < 4.78 is 51.4. The maximum Gasteiger partial charge on any atom is 0.297 e. The van der Waals surface area contributed by atoms with E-state index in [0.717, 1.165) is 36.9 Å². The molecule has 4 aliphatic rings. The van der Waals surface area contributed by atoms with Crippen molar-refractivity contribution in [1.29, 1.82) is 0 Å². The number of benzene rings is 3. The van der Waals surface area contributed by atoms with Crippen LogP contribution in [-0.2, 0) is 24.4 Å². The van der Waals surface area contributed by atoms with E-state index in [4.69, 9.17) is 9.72 Å². The van der Waals surface area contributed by atoms with Gasteiger partial charge in [-0.05, 0) is 83.6 Å². The van der Waals surface area contributed by atoms with Crippen LogP contribution in [0.5, 0.6) is 6.01 Å². The molecule has 0 unspecified atom stereocenters. The van der Waals surface area contributed by atoms with Crippen molar-refractivity contribution < 1.29 is 31.9 Å². The first kappa shape index (κ1) is 39.6. The first-order chi connectivity index (χ1) is 27.8. The molecule has 0 spiro atoms. The van der Waals surface area contributed by atoms with E-state index in [0.29, 0.717) is 35.9 Å². The van der Waals surface area contributed by atoms with Gasteiger partial charge in [-0.3, -0.25) is 23.7 Å². The topological polar surface area (TPSA) is 152 Å². The lowest BCUT2D eigenvalue weighted by molar-refractivity contribution is -0.140. The largest absolute Gasteiger partial charge is 0.459 e. The number of rotatable bonds is 9. The van der Waals surface area contributed by atoms with Crippen molar-refractivity contribution in [2.45, 2.75) is 113 Å². The van der Waals surface area contributed by atoms with Gasteiger partial charge >= 0.3 is 0 Å². The fraction of sp³-hybridized carbons (Fsp3) is 0.455. The minimum atomic E-state index is -3.98. The second kappa shape index (κ2) is 15.5. The number of fused-ring (bicyclic) bond motifs is 3. The Morgan fingerprint density at radius 1 is 0.983 bits per heavy atom. The number of para-hydroxylation sites is 2. The molecular weight excluding hydrogens is 760 g/mol. The van der Waals surface area contributed by atoms with Crippen LogP contribution in [0.4, 0.5) is 10.1 Å². The Hall–Kier alpha value is -5.24. The van der Waals surface area contributed by atoms with Gasteiger partial charge in [0, 0.05) is 35.2 Å². The molecule has 3 heterocycles. The highest BCUT2D eigenvalue weighted by Crippen LogP contribution is 2.47. The maximum absolute atomic E-state index is 15.1.